The first-order valence-electron chi connectivity index (χ1n) is 7.04. The molecule has 0 unspecified atom stereocenters. The summed E-state index contributed by atoms with van der Waals surface area (Å²) in [6, 6.07) is 0. The fourth-order valence-corrected chi connectivity index (χ4v) is 1.97. The highest BCUT2D eigenvalue weighted by Crippen LogP contribution is 1.97. The Balaban J connectivity index is 2.02. The third-order valence-electron chi connectivity index (χ3n) is 3.03. The smallest absolute Gasteiger partial charge is 0.222 e. The Labute approximate surface area is 115 Å². The van der Waals surface area contributed by atoms with Crippen LogP contribution in [0.2, 0.25) is 0 Å². The van der Waals surface area contributed by atoms with Gasteiger partial charge in [-0.1, -0.05) is 13.8 Å². The van der Waals surface area contributed by atoms with E-state index in [1.807, 2.05) is 13.8 Å². The van der Waals surface area contributed by atoms with Crippen LogP contribution in [0.25, 0.3) is 0 Å². The van der Waals surface area contributed by atoms with Crippen LogP contribution in [0.1, 0.15) is 26.7 Å². The number of carbonyl (C=O) groups is 2. The second-order valence-corrected chi connectivity index (χ2v) is 5.32. The molecule has 0 aromatic carbocycles. The van der Waals surface area contributed by atoms with E-state index >= 15 is 0 Å². The molecule has 0 bridgehead atoms. The van der Waals surface area contributed by atoms with E-state index in [1.165, 1.54) is 0 Å². The van der Waals surface area contributed by atoms with Crippen molar-refractivity contribution in [1.29, 1.82) is 0 Å². The quantitative estimate of drug-likeness (QED) is 0.546. The molecule has 0 aliphatic carbocycles. The van der Waals surface area contributed by atoms with Crippen molar-refractivity contribution in [2.75, 3.05) is 39.4 Å². The Bertz CT molecular complexity index is 288. The summed E-state index contributed by atoms with van der Waals surface area (Å²) in [7, 11) is 0. The van der Waals surface area contributed by atoms with Crippen LogP contribution in [0.5, 0.6) is 0 Å². The van der Waals surface area contributed by atoms with Gasteiger partial charge in [-0.2, -0.15) is 0 Å². The number of hydrogen-bond acceptors (Lipinski definition) is 4. The molecule has 6 heteroatoms. The zero-order valence-corrected chi connectivity index (χ0v) is 12.0. The molecule has 6 nitrogen and oxygen atoms in total. The van der Waals surface area contributed by atoms with Crippen LogP contribution in [0.4, 0.5) is 0 Å². The molecule has 0 aromatic rings. The Morgan fingerprint density at radius 2 is 1.79 bits per heavy atom. The van der Waals surface area contributed by atoms with Gasteiger partial charge in [0.2, 0.25) is 11.8 Å². The van der Waals surface area contributed by atoms with Crippen LogP contribution in [0, 0.1) is 5.92 Å². The van der Waals surface area contributed by atoms with Crippen molar-refractivity contribution in [3.8, 4) is 0 Å². The van der Waals surface area contributed by atoms with Gasteiger partial charge in [0.25, 0.3) is 0 Å². The molecule has 1 rings (SSSR count). The highest BCUT2D eigenvalue weighted by atomic mass is 16.2. The number of carbonyl (C=O) groups excluding carboxylic acids is 2. The van der Waals surface area contributed by atoms with Gasteiger partial charge in [-0.25, -0.2) is 0 Å². The van der Waals surface area contributed by atoms with Gasteiger partial charge in [-0.3, -0.25) is 9.59 Å². The molecular formula is C13H26N4O2. The molecule has 110 valence electrons. The number of nitrogens with one attached hydrogen (secondary N) is 3. The molecule has 1 heterocycles. The van der Waals surface area contributed by atoms with E-state index in [9.17, 15) is 9.59 Å². The van der Waals surface area contributed by atoms with Crippen LogP contribution in [0.3, 0.4) is 0 Å². The van der Waals surface area contributed by atoms with E-state index in [2.05, 4.69) is 20.9 Å². The lowest BCUT2D eigenvalue weighted by atomic mass is 10.1. The molecule has 0 saturated carbocycles. The van der Waals surface area contributed by atoms with Gasteiger partial charge in [0.1, 0.15) is 0 Å². The van der Waals surface area contributed by atoms with E-state index in [1.54, 1.807) is 0 Å². The maximum atomic E-state index is 11.6. The van der Waals surface area contributed by atoms with Gasteiger partial charge < -0.3 is 20.9 Å². The minimum Gasteiger partial charge on any atom is -0.339 e. The summed E-state index contributed by atoms with van der Waals surface area (Å²) in [4.78, 5) is 25.2. The van der Waals surface area contributed by atoms with Gasteiger partial charge in [0, 0.05) is 45.6 Å². The van der Waals surface area contributed by atoms with Gasteiger partial charge >= 0.3 is 0 Å². The van der Waals surface area contributed by atoms with Crippen molar-refractivity contribution < 1.29 is 9.59 Å². The average Bonchev–Trinajstić information content (AvgIpc) is 2.36. The summed E-state index contributed by atoms with van der Waals surface area (Å²) >= 11 is 0. The van der Waals surface area contributed by atoms with Crippen LogP contribution >= 0.6 is 0 Å². The minimum atomic E-state index is -0.0163. The van der Waals surface area contributed by atoms with Gasteiger partial charge in [0.15, 0.2) is 0 Å². The van der Waals surface area contributed by atoms with Gasteiger partial charge in [0.05, 0.1) is 6.67 Å². The summed E-state index contributed by atoms with van der Waals surface area (Å²) < 4.78 is 0. The number of hydrogen-bond donors (Lipinski definition) is 3. The average molecular weight is 270 g/mol. The summed E-state index contributed by atoms with van der Waals surface area (Å²) in [5, 5.41) is 8.68. The van der Waals surface area contributed by atoms with Crippen LogP contribution in [0.15, 0.2) is 0 Å². The minimum absolute atomic E-state index is 0.0108. The van der Waals surface area contributed by atoms with E-state index in [0.717, 1.165) is 32.7 Å². The van der Waals surface area contributed by atoms with Crippen LogP contribution in [-0.2, 0) is 9.59 Å². The standard InChI is InChI=1S/C13H26N4O2/c1-11(2)9-13(19)16-10-15-12(18)3-6-17-7-4-14-5-8-17/h11,14H,3-10H2,1-2H3,(H,15,18)(H,16,19). The van der Waals surface area contributed by atoms with Gasteiger partial charge in [-0.05, 0) is 5.92 Å². The second-order valence-electron chi connectivity index (χ2n) is 5.32. The molecule has 1 saturated heterocycles. The molecule has 1 fully saturated rings. The molecule has 2 amide bonds. The van der Waals surface area contributed by atoms with E-state index in [0.29, 0.717) is 18.8 Å². The van der Waals surface area contributed by atoms with Gasteiger partial charge in [-0.15, -0.1) is 0 Å². The summed E-state index contributed by atoms with van der Waals surface area (Å²) in [6.45, 7) is 8.98. The largest absolute Gasteiger partial charge is 0.339 e. The molecule has 1 aliphatic rings. The van der Waals surface area contributed by atoms with Crippen molar-refractivity contribution in [2.45, 2.75) is 26.7 Å². The highest BCUT2D eigenvalue weighted by Gasteiger charge is 2.11. The molecule has 19 heavy (non-hydrogen) atoms. The lowest BCUT2D eigenvalue weighted by Gasteiger charge is -2.26. The number of rotatable bonds is 7. The Hall–Kier alpha value is -1.14. The normalized spacial score (nSPS) is 16.4. The fraction of sp³-hybridized carbons (Fsp3) is 0.846. The Kier molecular flexibility index (Phi) is 7.43. The lowest BCUT2D eigenvalue weighted by Crippen LogP contribution is -2.45. The Morgan fingerprint density at radius 3 is 2.42 bits per heavy atom. The maximum absolute atomic E-state index is 11.6. The van der Waals surface area contributed by atoms with Crippen LogP contribution < -0.4 is 16.0 Å². The summed E-state index contributed by atoms with van der Waals surface area (Å²) in [5.41, 5.74) is 0. The molecule has 3 N–H and O–H groups in total. The second kappa shape index (κ2) is 8.87. The third-order valence-corrected chi connectivity index (χ3v) is 3.03. The predicted molar refractivity (Wildman–Crippen MR) is 74.5 cm³/mol. The zero-order chi connectivity index (χ0) is 14.1. The first-order chi connectivity index (χ1) is 9.08. The number of piperazine rings is 1. The first-order valence-corrected chi connectivity index (χ1v) is 7.04. The zero-order valence-electron chi connectivity index (χ0n) is 12.0. The highest BCUT2D eigenvalue weighted by molar-refractivity contribution is 5.78. The SMILES string of the molecule is CC(C)CC(=O)NCNC(=O)CCN1CCNCC1. The Morgan fingerprint density at radius 1 is 1.16 bits per heavy atom. The maximum Gasteiger partial charge on any atom is 0.222 e. The molecule has 0 atom stereocenters. The van der Waals surface area contributed by atoms with E-state index in [-0.39, 0.29) is 18.5 Å². The third kappa shape index (κ3) is 7.79. The van der Waals surface area contributed by atoms with E-state index in [4.69, 9.17) is 0 Å². The van der Waals surface area contributed by atoms with Crippen molar-refractivity contribution >= 4 is 11.8 Å². The first kappa shape index (κ1) is 15.9. The summed E-state index contributed by atoms with van der Waals surface area (Å²) in [5.74, 6) is 0.309. The molecule has 0 spiro atoms. The molecule has 0 radical (unpaired) electrons. The van der Waals surface area contributed by atoms with Crippen LogP contribution in [-0.4, -0.2) is 56.1 Å². The molecule has 0 aromatic heterocycles. The fourth-order valence-electron chi connectivity index (χ4n) is 1.97. The molecule has 1 aliphatic heterocycles. The summed E-state index contributed by atoms with van der Waals surface area (Å²) in [6.07, 6.45) is 0.983. The van der Waals surface area contributed by atoms with Crippen molar-refractivity contribution in [3.05, 3.63) is 0 Å². The predicted octanol–water partition coefficient (Wildman–Crippen LogP) is -0.482. The molecular weight excluding hydrogens is 244 g/mol. The van der Waals surface area contributed by atoms with Crippen molar-refractivity contribution in [3.63, 3.8) is 0 Å². The monoisotopic (exact) mass is 270 g/mol. The van der Waals surface area contributed by atoms with Crippen molar-refractivity contribution in [2.24, 2.45) is 5.92 Å². The topological polar surface area (TPSA) is 73.5 Å². The van der Waals surface area contributed by atoms with Crippen molar-refractivity contribution in [1.82, 2.24) is 20.9 Å². The van der Waals surface area contributed by atoms with E-state index < -0.39 is 0 Å². The number of nitrogens with zero attached hydrogens (tertiary/aromatic N) is 1. The number of amides is 2. The lowest BCUT2D eigenvalue weighted by molar-refractivity contribution is -0.123.